The Labute approximate surface area is 361 Å². The Morgan fingerprint density at radius 2 is 1.21 bits per heavy atom. The Morgan fingerprint density at radius 3 is 1.74 bits per heavy atom. The van der Waals surface area contributed by atoms with Crippen molar-refractivity contribution in [3.8, 4) is 22.5 Å². The molecule has 0 saturated carbocycles. The molecule has 4 aromatic heterocycles. The van der Waals surface area contributed by atoms with Crippen LogP contribution in [0.25, 0.3) is 44.6 Å². The minimum atomic E-state index is -0.878. The lowest BCUT2D eigenvalue weighted by molar-refractivity contribution is 0.0544. The maximum atomic E-state index is 12.8. The lowest BCUT2D eigenvalue weighted by atomic mass is 10.0. The molecule has 0 radical (unpaired) electrons. The van der Waals surface area contributed by atoms with E-state index >= 15 is 0 Å². The van der Waals surface area contributed by atoms with E-state index in [-0.39, 0.29) is 18.3 Å². The summed E-state index contributed by atoms with van der Waals surface area (Å²) in [4.78, 5) is 48.8. The van der Waals surface area contributed by atoms with Crippen molar-refractivity contribution in [1.29, 1.82) is 0 Å². The molecule has 2 aromatic carbocycles. The zero-order chi connectivity index (χ0) is 45.4. The molecule has 328 valence electrons. The lowest BCUT2D eigenvalue weighted by Crippen LogP contribution is -2.48. The average molecular weight is 847 g/mol. The van der Waals surface area contributed by atoms with Gasteiger partial charge < -0.3 is 26.3 Å². The summed E-state index contributed by atoms with van der Waals surface area (Å²) in [6, 6.07) is 16.0. The van der Waals surface area contributed by atoms with Gasteiger partial charge in [-0.25, -0.2) is 43.9 Å². The standard InChI is InChI=1S/C44H58N14O4/c1-25-13-17-27(18-14-25)33-31-35(46)51-29(52-37(31)58(56-33)43(8,9)22-47-12)21-26-15-19-28(20-16-26)32-30-34(45)49-24-50-36(30)57(55-32)44(10,11)23-48-38(53-39(59)61-41(2,3)4)54-40(60)62-42(5,6)7/h13-20,24,47H,21-23H2,1-12H3,(H2,45,49,50)(H2,46,51,52)(H2,48,53,54,59,60). The van der Waals surface area contributed by atoms with E-state index in [1.165, 1.54) is 6.33 Å². The molecule has 7 N–H and O–H groups in total. The molecule has 0 bridgehead atoms. The van der Waals surface area contributed by atoms with Crippen molar-refractivity contribution in [3.63, 3.8) is 0 Å². The number of hydrogen-bond donors (Lipinski definition) is 5. The summed E-state index contributed by atoms with van der Waals surface area (Å²) in [6.07, 6.45) is 0.174. The first-order valence-corrected chi connectivity index (χ1v) is 20.4. The highest BCUT2D eigenvalue weighted by atomic mass is 16.6. The molecule has 0 atom stereocenters. The predicted octanol–water partition coefficient (Wildman–Crippen LogP) is 6.46. The minimum absolute atomic E-state index is 0.0258. The number of benzene rings is 2. The van der Waals surface area contributed by atoms with Crippen LogP contribution in [0.1, 0.15) is 86.2 Å². The third-order valence-electron chi connectivity index (χ3n) is 9.63. The van der Waals surface area contributed by atoms with Crippen molar-refractivity contribution in [1.82, 2.24) is 55.4 Å². The number of fused-ring (bicyclic) bond motifs is 2. The van der Waals surface area contributed by atoms with Gasteiger partial charge in [0.15, 0.2) is 11.3 Å². The number of ether oxygens (including phenoxy) is 2. The number of nitrogen functional groups attached to an aromatic ring is 2. The number of carbonyl (C=O) groups is 2. The van der Waals surface area contributed by atoms with Gasteiger partial charge in [0, 0.05) is 24.1 Å². The molecular weight excluding hydrogens is 789 g/mol. The fourth-order valence-electron chi connectivity index (χ4n) is 6.82. The number of likely N-dealkylation sites (N-methyl/N-ethyl adjacent to an activating group) is 1. The van der Waals surface area contributed by atoms with Crippen molar-refractivity contribution in [2.45, 2.75) is 105 Å². The molecule has 2 amide bonds. The van der Waals surface area contributed by atoms with E-state index in [0.29, 0.717) is 52.4 Å². The second-order valence-corrected chi connectivity index (χ2v) is 18.5. The van der Waals surface area contributed by atoms with Crippen LogP contribution in [0, 0.1) is 6.92 Å². The summed E-state index contributed by atoms with van der Waals surface area (Å²) in [5.41, 5.74) is 16.5. The van der Waals surface area contributed by atoms with Crippen molar-refractivity contribution in [2.75, 3.05) is 31.6 Å². The third kappa shape index (κ3) is 10.2. The van der Waals surface area contributed by atoms with Crippen LogP contribution in [0.2, 0.25) is 0 Å². The number of aromatic nitrogens is 8. The van der Waals surface area contributed by atoms with Crippen LogP contribution in [-0.4, -0.2) is 89.0 Å². The second-order valence-electron chi connectivity index (χ2n) is 18.5. The average Bonchev–Trinajstić information content (AvgIpc) is 3.75. The third-order valence-corrected chi connectivity index (χ3v) is 9.63. The number of hydrogen-bond acceptors (Lipinski definition) is 14. The topological polar surface area (TPSA) is 240 Å². The van der Waals surface area contributed by atoms with Gasteiger partial charge in [-0.3, -0.25) is 10.6 Å². The van der Waals surface area contributed by atoms with Gasteiger partial charge in [-0.05, 0) is 88.8 Å². The number of amides is 2. The molecule has 18 nitrogen and oxygen atoms in total. The fraction of sp³-hybridized carbons (Fsp3) is 0.432. The number of aryl methyl sites for hydroxylation is 1. The Hall–Kier alpha value is -6.69. The van der Waals surface area contributed by atoms with Crippen LogP contribution in [0.5, 0.6) is 0 Å². The predicted molar refractivity (Wildman–Crippen MR) is 241 cm³/mol. The van der Waals surface area contributed by atoms with E-state index < -0.39 is 34.5 Å². The summed E-state index contributed by atoms with van der Waals surface area (Å²) in [5, 5.41) is 19.7. The van der Waals surface area contributed by atoms with Crippen molar-refractivity contribution in [2.24, 2.45) is 4.99 Å². The number of rotatable bonds is 10. The number of aliphatic imine (C=N–C) groups is 1. The van der Waals surface area contributed by atoms with Crippen LogP contribution < -0.4 is 27.4 Å². The Bertz CT molecular complexity index is 2600. The van der Waals surface area contributed by atoms with Gasteiger partial charge in [0.2, 0.25) is 5.96 Å². The quantitative estimate of drug-likeness (QED) is 0.0736. The summed E-state index contributed by atoms with van der Waals surface area (Å²) in [6.45, 7) is 21.1. The Kier molecular flexibility index (Phi) is 12.3. The number of carbonyl (C=O) groups excluding carboxylic acids is 2. The van der Waals surface area contributed by atoms with Crippen molar-refractivity contribution >= 4 is 51.8 Å². The molecule has 0 aliphatic heterocycles. The second kappa shape index (κ2) is 17.0. The summed E-state index contributed by atoms with van der Waals surface area (Å²) < 4.78 is 14.5. The number of nitrogens with two attached hydrogens (primary N) is 2. The van der Waals surface area contributed by atoms with E-state index in [1.54, 1.807) is 46.2 Å². The zero-order valence-electron chi connectivity index (χ0n) is 37.6. The molecule has 62 heavy (non-hydrogen) atoms. The molecule has 6 aromatic rings. The monoisotopic (exact) mass is 846 g/mol. The van der Waals surface area contributed by atoms with Crippen LogP contribution in [0.4, 0.5) is 21.2 Å². The number of anilines is 2. The summed E-state index contributed by atoms with van der Waals surface area (Å²) in [5.74, 6) is 0.997. The highest BCUT2D eigenvalue weighted by molar-refractivity contribution is 6.02. The van der Waals surface area contributed by atoms with Crippen LogP contribution in [0.15, 0.2) is 59.9 Å². The summed E-state index contributed by atoms with van der Waals surface area (Å²) in [7, 11) is 1.91. The van der Waals surface area contributed by atoms with E-state index in [4.69, 9.17) is 41.1 Å². The highest BCUT2D eigenvalue weighted by Crippen LogP contribution is 2.36. The Morgan fingerprint density at radius 1 is 0.694 bits per heavy atom. The number of nitrogens with zero attached hydrogens (tertiary/aromatic N) is 9. The van der Waals surface area contributed by atoms with Gasteiger partial charge in [-0.15, -0.1) is 0 Å². The lowest BCUT2D eigenvalue weighted by Gasteiger charge is -2.25. The summed E-state index contributed by atoms with van der Waals surface area (Å²) >= 11 is 0. The number of guanidine groups is 1. The molecule has 0 aliphatic rings. The van der Waals surface area contributed by atoms with Crippen LogP contribution in [0.3, 0.4) is 0 Å². The van der Waals surface area contributed by atoms with Gasteiger partial charge in [0.1, 0.15) is 46.4 Å². The molecule has 4 heterocycles. The molecule has 18 heteroatoms. The molecule has 6 rings (SSSR count). The van der Waals surface area contributed by atoms with Gasteiger partial charge in [0.05, 0.1) is 28.4 Å². The molecule has 0 aliphatic carbocycles. The smallest absolute Gasteiger partial charge is 0.414 e. The normalized spacial score (nSPS) is 12.4. The van der Waals surface area contributed by atoms with Gasteiger partial charge >= 0.3 is 12.2 Å². The fourth-order valence-corrected chi connectivity index (χ4v) is 6.82. The van der Waals surface area contributed by atoms with E-state index in [0.717, 1.165) is 27.9 Å². The van der Waals surface area contributed by atoms with Crippen LogP contribution >= 0.6 is 0 Å². The SMILES string of the molecule is CNCC(C)(C)n1nc(-c2ccc(C)cc2)c2c(N)nc(Cc3ccc(-c4nn(C(C)(C)CN=C(NC(=O)OC(C)(C)C)NC(=O)OC(C)(C)C)c5ncnc(N)c45)cc3)nc21. The zero-order valence-corrected chi connectivity index (χ0v) is 37.6. The van der Waals surface area contributed by atoms with Crippen molar-refractivity contribution in [3.05, 3.63) is 71.8 Å². The molecule has 0 spiro atoms. The van der Waals surface area contributed by atoms with Crippen LogP contribution in [-0.2, 0) is 27.0 Å². The first-order valence-electron chi connectivity index (χ1n) is 20.4. The van der Waals surface area contributed by atoms with E-state index in [1.807, 2.05) is 68.9 Å². The number of alkyl carbamates (subject to hydrolysis) is 2. The largest absolute Gasteiger partial charge is 0.444 e. The van der Waals surface area contributed by atoms with E-state index in [2.05, 4.69) is 56.9 Å². The maximum absolute atomic E-state index is 12.8. The van der Waals surface area contributed by atoms with Crippen molar-refractivity contribution < 1.29 is 19.1 Å². The van der Waals surface area contributed by atoms with Gasteiger partial charge in [-0.1, -0.05) is 54.1 Å². The Balaban J connectivity index is 1.31. The first-order chi connectivity index (χ1) is 28.9. The van der Waals surface area contributed by atoms with Gasteiger partial charge in [-0.2, -0.15) is 10.2 Å². The minimum Gasteiger partial charge on any atom is -0.444 e. The highest BCUT2D eigenvalue weighted by Gasteiger charge is 2.31. The molecule has 0 fully saturated rings. The van der Waals surface area contributed by atoms with Gasteiger partial charge in [0.25, 0.3) is 0 Å². The molecular formula is C44H58N14O4. The van der Waals surface area contributed by atoms with E-state index in [9.17, 15) is 9.59 Å². The molecule has 0 unspecified atom stereocenters. The first kappa shape index (κ1) is 44.9. The maximum Gasteiger partial charge on any atom is 0.414 e. The number of nitrogens with one attached hydrogen (secondary N) is 3. The molecule has 0 saturated heterocycles.